The van der Waals surface area contributed by atoms with Crippen molar-refractivity contribution in [2.45, 2.75) is 0 Å². The molecule has 0 aliphatic rings. The van der Waals surface area contributed by atoms with E-state index in [0.717, 1.165) is 0 Å². The smallest absolute Gasteiger partial charge is 0.511 e. The molecule has 1 aromatic carbocycles. The number of benzene rings is 1. The first-order valence-electron chi connectivity index (χ1n) is 4.36. The Balaban J connectivity index is 2.59. The van der Waals surface area contributed by atoms with Gasteiger partial charge in [0, 0.05) is 19.7 Å². The molecule has 0 aliphatic heterocycles. The number of carbonyl (C=O) groups is 1. The van der Waals surface area contributed by atoms with Gasteiger partial charge in [-0.2, -0.15) is 0 Å². The molecule has 5 nitrogen and oxygen atoms in total. The standard InChI is InChI=1S/C9H12BNO4/c1-11(2)15-10(13)14-9-5-3-4-8(6-9)7-12/h3-7,13H,1-2H3. The van der Waals surface area contributed by atoms with E-state index >= 15 is 0 Å². The summed E-state index contributed by atoms with van der Waals surface area (Å²) < 4.78 is 9.81. The Morgan fingerprint density at radius 1 is 1.47 bits per heavy atom. The first kappa shape index (κ1) is 11.7. The molecule has 0 atom stereocenters. The summed E-state index contributed by atoms with van der Waals surface area (Å²) in [7, 11) is 1.85. The van der Waals surface area contributed by atoms with Gasteiger partial charge >= 0.3 is 7.32 Å². The third-order valence-electron chi connectivity index (χ3n) is 1.53. The second kappa shape index (κ2) is 5.50. The minimum atomic E-state index is -1.39. The molecule has 6 heteroatoms. The molecule has 0 spiro atoms. The minimum absolute atomic E-state index is 0.369. The maximum Gasteiger partial charge on any atom is 0.728 e. The van der Waals surface area contributed by atoms with Crippen LogP contribution in [0.25, 0.3) is 0 Å². The quantitative estimate of drug-likeness (QED) is 0.430. The number of hydrogen-bond donors (Lipinski definition) is 1. The second-order valence-electron chi connectivity index (χ2n) is 3.03. The van der Waals surface area contributed by atoms with Crippen LogP contribution >= 0.6 is 0 Å². The lowest BCUT2D eigenvalue weighted by molar-refractivity contribution is -0.0458. The Kier molecular flexibility index (Phi) is 4.29. The van der Waals surface area contributed by atoms with Crippen molar-refractivity contribution in [1.29, 1.82) is 0 Å². The van der Waals surface area contributed by atoms with Gasteiger partial charge in [-0.1, -0.05) is 12.1 Å². The molecular weight excluding hydrogens is 197 g/mol. The average Bonchev–Trinajstić information content (AvgIpc) is 2.16. The van der Waals surface area contributed by atoms with Crippen LogP contribution in [0, 0.1) is 0 Å². The molecule has 1 N–H and O–H groups in total. The van der Waals surface area contributed by atoms with Crippen LogP contribution < -0.4 is 4.65 Å². The lowest BCUT2D eigenvalue weighted by Crippen LogP contribution is -2.32. The van der Waals surface area contributed by atoms with Gasteiger partial charge < -0.3 is 9.68 Å². The first-order chi connectivity index (χ1) is 7.11. The summed E-state index contributed by atoms with van der Waals surface area (Å²) in [6.45, 7) is 0. The molecule has 1 rings (SSSR count). The highest BCUT2D eigenvalue weighted by Crippen LogP contribution is 2.12. The van der Waals surface area contributed by atoms with Crippen LogP contribution in [-0.2, 0) is 4.76 Å². The maximum atomic E-state index is 10.5. The van der Waals surface area contributed by atoms with E-state index < -0.39 is 7.32 Å². The zero-order valence-electron chi connectivity index (χ0n) is 8.58. The highest BCUT2D eigenvalue weighted by Gasteiger charge is 2.20. The fourth-order valence-corrected chi connectivity index (χ4v) is 0.979. The minimum Gasteiger partial charge on any atom is -0.511 e. The van der Waals surface area contributed by atoms with E-state index in [9.17, 15) is 9.82 Å². The summed E-state index contributed by atoms with van der Waals surface area (Å²) in [4.78, 5) is 10.5. The SMILES string of the molecule is CN(C)OB(O)Oc1cccc(C=O)c1. The van der Waals surface area contributed by atoms with E-state index in [1.54, 1.807) is 32.3 Å². The third kappa shape index (κ3) is 4.12. The van der Waals surface area contributed by atoms with Crippen molar-refractivity contribution in [2.75, 3.05) is 14.1 Å². The fourth-order valence-electron chi connectivity index (χ4n) is 0.979. The molecule has 80 valence electrons. The van der Waals surface area contributed by atoms with Gasteiger partial charge in [0.2, 0.25) is 0 Å². The van der Waals surface area contributed by atoms with Crippen LogP contribution in [0.3, 0.4) is 0 Å². The summed E-state index contributed by atoms with van der Waals surface area (Å²) >= 11 is 0. The highest BCUT2D eigenvalue weighted by molar-refractivity contribution is 6.35. The van der Waals surface area contributed by atoms with Gasteiger partial charge in [-0.15, -0.1) is 0 Å². The Bertz CT molecular complexity index is 332. The Labute approximate surface area is 88.4 Å². The van der Waals surface area contributed by atoms with Gasteiger partial charge in [0.1, 0.15) is 12.0 Å². The van der Waals surface area contributed by atoms with E-state index in [1.165, 1.54) is 11.1 Å². The van der Waals surface area contributed by atoms with Crippen LogP contribution in [0.5, 0.6) is 5.75 Å². The van der Waals surface area contributed by atoms with Gasteiger partial charge in [-0.05, 0) is 12.1 Å². The molecule has 15 heavy (non-hydrogen) atoms. The van der Waals surface area contributed by atoms with Crippen LogP contribution in [0.1, 0.15) is 10.4 Å². The number of aldehydes is 1. The summed E-state index contributed by atoms with van der Waals surface area (Å²) in [5, 5.41) is 10.6. The van der Waals surface area contributed by atoms with Crippen LogP contribution in [-0.4, -0.2) is 37.8 Å². The molecule has 0 saturated heterocycles. The maximum absolute atomic E-state index is 10.5. The lowest BCUT2D eigenvalue weighted by atomic mass is 10.2. The van der Waals surface area contributed by atoms with E-state index in [0.29, 0.717) is 17.6 Å². The van der Waals surface area contributed by atoms with Crippen molar-refractivity contribution in [2.24, 2.45) is 0 Å². The molecule has 0 unspecified atom stereocenters. The van der Waals surface area contributed by atoms with Crippen molar-refractivity contribution in [3.05, 3.63) is 29.8 Å². The Hall–Kier alpha value is -1.37. The van der Waals surface area contributed by atoms with Crippen molar-refractivity contribution in [1.82, 2.24) is 5.06 Å². The molecule has 0 amide bonds. The van der Waals surface area contributed by atoms with Crippen LogP contribution in [0.4, 0.5) is 0 Å². The van der Waals surface area contributed by atoms with Crippen molar-refractivity contribution < 1.29 is 19.2 Å². The predicted octanol–water partition coefficient (Wildman–Crippen LogP) is 0.348. The number of hydrogen-bond acceptors (Lipinski definition) is 5. The van der Waals surface area contributed by atoms with Gasteiger partial charge in [0.25, 0.3) is 0 Å². The van der Waals surface area contributed by atoms with E-state index in [1.807, 2.05) is 0 Å². The fraction of sp³-hybridized carbons (Fsp3) is 0.222. The van der Waals surface area contributed by atoms with Gasteiger partial charge in [0.15, 0.2) is 0 Å². The zero-order valence-corrected chi connectivity index (χ0v) is 8.58. The average molecular weight is 209 g/mol. The first-order valence-corrected chi connectivity index (χ1v) is 4.36. The molecule has 0 heterocycles. The largest absolute Gasteiger partial charge is 0.728 e. The van der Waals surface area contributed by atoms with Crippen LogP contribution in [0.15, 0.2) is 24.3 Å². The van der Waals surface area contributed by atoms with Gasteiger partial charge in [0.05, 0.1) is 0 Å². The van der Waals surface area contributed by atoms with Crippen molar-refractivity contribution in [3.8, 4) is 5.75 Å². The van der Waals surface area contributed by atoms with Gasteiger partial charge in [-0.3, -0.25) is 9.55 Å². The van der Waals surface area contributed by atoms with Gasteiger partial charge in [-0.25, -0.2) is 5.06 Å². The molecule has 1 aromatic rings. The van der Waals surface area contributed by atoms with E-state index in [4.69, 9.17) is 9.41 Å². The van der Waals surface area contributed by atoms with E-state index in [2.05, 4.69) is 0 Å². The molecule has 0 saturated carbocycles. The summed E-state index contributed by atoms with van der Waals surface area (Å²) in [5.74, 6) is 0.369. The molecular formula is C9H12BNO4. The third-order valence-corrected chi connectivity index (χ3v) is 1.53. The molecule has 0 radical (unpaired) electrons. The summed E-state index contributed by atoms with van der Waals surface area (Å²) in [5.41, 5.74) is 0.476. The van der Waals surface area contributed by atoms with Crippen molar-refractivity contribution in [3.63, 3.8) is 0 Å². The zero-order chi connectivity index (χ0) is 11.3. The number of carbonyl (C=O) groups excluding carboxylic acids is 1. The monoisotopic (exact) mass is 209 g/mol. The van der Waals surface area contributed by atoms with E-state index in [-0.39, 0.29) is 0 Å². The summed E-state index contributed by atoms with van der Waals surface area (Å²) in [6.07, 6.45) is 0.700. The number of hydroxylamine groups is 2. The normalized spacial score (nSPS) is 10.1. The summed E-state index contributed by atoms with van der Waals surface area (Å²) in [6, 6.07) is 6.42. The Morgan fingerprint density at radius 3 is 2.80 bits per heavy atom. The number of nitrogens with zero attached hydrogens (tertiary/aromatic N) is 1. The molecule has 0 aliphatic carbocycles. The lowest BCUT2D eigenvalue weighted by Gasteiger charge is -2.13. The molecule has 0 aromatic heterocycles. The Morgan fingerprint density at radius 2 is 2.20 bits per heavy atom. The highest BCUT2D eigenvalue weighted by atomic mass is 16.8. The topological polar surface area (TPSA) is 59.0 Å². The number of rotatable bonds is 5. The molecule has 0 fully saturated rings. The predicted molar refractivity (Wildman–Crippen MR) is 55.2 cm³/mol. The van der Waals surface area contributed by atoms with Crippen molar-refractivity contribution >= 4 is 13.6 Å². The molecule has 0 bridgehead atoms. The second-order valence-corrected chi connectivity index (χ2v) is 3.03. The van der Waals surface area contributed by atoms with Crippen LogP contribution in [0.2, 0.25) is 0 Å².